The third-order valence-electron chi connectivity index (χ3n) is 4.73. The second-order valence-corrected chi connectivity index (χ2v) is 8.60. The minimum Gasteiger partial charge on any atom is -0.368 e. The molecule has 2 aromatic heterocycles. The van der Waals surface area contributed by atoms with Crippen LogP contribution in [0.5, 0.6) is 0 Å². The molecule has 164 valence electrons. The van der Waals surface area contributed by atoms with E-state index in [1.54, 1.807) is 24.3 Å². The van der Waals surface area contributed by atoms with Crippen molar-refractivity contribution in [3.8, 4) is 11.3 Å². The van der Waals surface area contributed by atoms with Crippen LogP contribution in [0.4, 0.5) is 16.2 Å². The molecule has 4 aromatic rings. The predicted molar refractivity (Wildman–Crippen MR) is 122 cm³/mol. The first-order chi connectivity index (χ1) is 15.3. The predicted octanol–water partition coefficient (Wildman–Crippen LogP) is 3.52. The van der Waals surface area contributed by atoms with Crippen molar-refractivity contribution in [2.24, 2.45) is 5.14 Å². The van der Waals surface area contributed by atoms with Crippen LogP contribution >= 0.6 is 0 Å². The zero-order valence-corrected chi connectivity index (χ0v) is 18.0. The van der Waals surface area contributed by atoms with Gasteiger partial charge in [0.25, 0.3) is 0 Å². The van der Waals surface area contributed by atoms with Gasteiger partial charge >= 0.3 is 0 Å². The number of pyridine rings is 1. The first-order valence-corrected chi connectivity index (χ1v) is 11.4. The summed E-state index contributed by atoms with van der Waals surface area (Å²) in [5.41, 5.74) is 3.58. The normalized spacial score (nSPS) is 11.5. The van der Waals surface area contributed by atoms with Gasteiger partial charge < -0.3 is 10.6 Å². The molecule has 8 nitrogen and oxygen atoms in total. The summed E-state index contributed by atoms with van der Waals surface area (Å²) in [5, 5.41) is 11.5. The Morgan fingerprint density at radius 1 is 0.906 bits per heavy atom. The van der Waals surface area contributed by atoms with E-state index in [1.165, 1.54) is 24.3 Å². The molecular formula is C22H21FN6O2S. The number of sulfonamides is 1. The molecule has 0 fully saturated rings. The first kappa shape index (κ1) is 21.6. The number of fused-ring (bicyclic) bond motifs is 1. The highest BCUT2D eigenvalue weighted by atomic mass is 32.2. The number of benzene rings is 2. The minimum absolute atomic E-state index is 0.0562. The van der Waals surface area contributed by atoms with Gasteiger partial charge in [0, 0.05) is 18.7 Å². The Morgan fingerprint density at radius 2 is 1.62 bits per heavy atom. The van der Waals surface area contributed by atoms with Crippen molar-refractivity contribution < 1.29 is 12.8 Å². The van der Waals surface area contributed by atoms with Gasteiger partial charge in [-0.2, -0.15) is 4.98 Å². The molecule has 0 bridgehead atoms. The Morgan fingerprint density at radius 3 is 2.28 bits per heavy atom. The van der Waals surface area contributed by atoms with Gasteiger partial charge in [0.05, 0.1) is 16.1 Å². The highest BCUT2D eigenvalue weighted by Gasteiger charge is 2.12. The van der Waals surface area contributed by atoms with Crippen LogP contribution in [0.25, 0.3) is 22.3 Å². The van der Waals surface area contributed by atoms with E-state index < -0.39 is 10.0 Å². The summed E-state index contributed by atoms with van der Waals surface area (Å²) in [4.78, 5) is 13.8. The molecule has 2 aromatic carbocycles. The van der Waals surface area contributed by atoms with Gasteiger partial charge in [0.15, 0.2) is 5.82 Å². The second-order valence-electron chi connectivity index (χ2n) is 7.04. The summed E-state index contributed by atoms with van der Waals surface area (Å²) in [6.45, 7) is 2.99. The standard InChI is InChI=1S/C22H21FN6O2S/c1-2-25-21-20-19(12-11-18(27-20)15-5-7-16(23)8-6-15)28-22(29-21)26-13-14-3-9-17(10-4-14)32(24,30)31/h3-12H,2,13H2,1H3,(H2,24,30,31)(H2,25,26,28,29). The SMILES string of the molecule is CCNc1nc(NCc2ccc(S(N)(=O)=O)cc2)nc2ccc(-c3ccc(F)cc3)nc12. The van der Waals surface area contributed by atoms with E-state index in [1.807, 2.05) is 19.1 Å². The number of aromatic nitrogens is 3. The van der Waals surface area contributed by atoms with E-state index >= 15 is 0 Å². The van der Waals surface area contributed by atoms with E-state index in [4.69, 9.17) is 5.14 Å². The van der Waals surface area contributed by atoms with Crippen molar-refractivity contribution in [2.45, 2.75) is 18.4 Å². The molecule has 0 spiro atoms. The van der Waals surface area contributed by atoms with Crippen molar-refractivity contribution >= 4 is 32.8 Å². The minimum atomic E-state index is -3.73. The molecule has 4 rings (SSSR count). The van der Waals surface area contributed by atoms with Crippen molar-refractivity contribution in [3.63, 3.8) is 0 Å². The summed E-state index contributed by atoms with van der Waals surface area (Å²) >= 11 is 0. The Bertz CT molecular complexity index is 1360. The number of halogens is 1. The Hall–Kier alpha value is -3.63. The molecular weight excluding hydrogens is 431 g/mol. The number of hydrogen-bond acceptors (Lipinski definition) is 7. The van der Waals surface area contributed by atoms with E-state index in [0.29, 0.717) is 41.6 Å². The molecule has 4 N–H and O–H groups in total. The molecule has 0 aliphatic heterocycles. The largest absolute Gasteiger partial charge is 0.368 e. The number of hydrogen-bond donors (Lipinski definition) is 3. The van der Waals surface area contributed by atoms with E-state index in [0.717, 1.165) is 11.1 Å². The van der Waals surface area contributed by atoms with Crippen LogP contribution in [-0.4, -0.2) is 29.9 Å². The number of rotatable bonds is 7. The zero-order valence-electron chi connectivity index (χ0n) is 17.2. The third kappa shape index (κ3) is 4.82. The number of anilines is 2. The third-order valence-corrected chi connectivity index (χ3v) is 5.66. The fourth-order valence-electron chi connectivity index (χ4n) is 3.14. The molecule has 0 aliphatic rings. The van der Waals surface area contributed by atoms with Crippen LogP contribution in [-0.2, 0) is 16.6 Å². The smallest absolute Gasteiger partial charge is 0.238 e. The van der Waals surface area contributed by atoms with Gasteiger partial charge in [-0.15, -0.1) is 0 Å². The quantitative estimate of drug-likeness (QED) is 0.392. The Labute approximate surface area is 184 Å². The average Bonchev–Trinajstić information content (AvgIpc) is 2.78. The van der Waals surface area contributed by atoms with Crippen molar-refractivity contribution in [3.05, 3.63) is 72.0 Å². The van der Waals surface area contributed by atoms with Gasteiger partial charge in [0.1, 0.15) is 11.3 Å². The highest BCUT2D eigenvalue weighted by Crippen LogP contribution is 2.25. The van der Waals surface area contributed by atoms with Gasteiger partial charge in [-0.25, -0.2) is 27.9 Å². The molecule has 0 radical (unpaired) electrons. The van der Waals surface area contributed by atoms with Crippen LogP contribution in [0.2, 0.25) is 0 Å². The van der Waals surface area contributed by atoms with Gasteiger partial charge in [-0.3, -0.25) is 0 Å². The molecule has 0 unspecified atom stereocenters. The maximum absolute atomic E-state index is 13.2. The maximum Gasteiger partial charge on any atom is 0.238 e. The number of nitrogens with zero attached hydrogens (tertiary/aromatic N) is 3. The summed E-state index contributed by atoms with van der Waals surface area (Å²) in [6.07, 6.45) is 0. The molecule has 0 amide bonds. The lowest BCUT2D eigenvalue weighted by Crippen LogP contribution is -2.12. The lowest BCUT2D eigenvalue weighted by Gasteiger charge is -2.12. The molecule has 0 atom stereocenters. The molecule has 0 aliphatic carbocycles. The van der Waals surface area contributed by atoms with E-state index in [2.05, 4.69) is 25.6 Å². The first-order valence-electron chi connectivity index (χ1n) is 9.87. The van der Waals surface area contributed by atoms with Crippen LogP contribution in [0.15, 0.2) is 65.6 Å². The Kier molecular flexibility index (Phi) is 5.97. The highest BCUT2D eigenvalue weighted by molar-refractivity contribution is 7.89. The molecule has 2 heterocycles. The topological polar surface area (TPSA) is 123 Å². The number of primary sulfonamides is 1. The van der Waals surface area contributed by atoms with Crippen molar-refractivity contribution in [2.75, 3.05) is 17.2 Å². The van der Waals surface area contributed by atoms with Crippen LogP contribution in [0.3, 0.4) is 0 Å². The molecule has 0 saturated carbocycles. The summed E-state index contributed by atoms with van der Waals surface area (Å²) in [6, 6.07) is 16.1. The van der Waals surface area contributed by atoms with E-state index in [-0.39, 0.29) is 10.7 Å². The summed E-state index contributed by atoms with van der Waals surface area (Å²) in [7, 11) is -3.73. The molecule has 10 heteroatoms. The second kappa shape index (κ2) is 8.85. The molecule has 0 saturated heterocycles. The molecule has 32 heavy (non-hydrogen) atoms. The van der Waals surface area contributed by atoms with Gasteiger partial charge in [-0.1, -0.05) is 12.1 Å². The van der Waals surface area contributed by atoms with Crippen molar-refractivity contribution in [1.29, 1.82) is 0 Å². The van der Waals surface area contributed by atoms with Gasteiger partial charge in [0.2, 0.25) is 16.0 Å². The maximum atomic E-state index is 13.2. The van der Waals surface area contributed by atoms with E-state index in [9.17, 15) is 12.8 Å². The number of nitrogens with one attached hydrogen (secondary N) is 2. The lowest BCUT2D eigenvalue weighted by atomic mass is 10.1. The summed E-state index contributed by atoms with van der Waals surface area (Å²) < 4.78 is 36.0. The Balaban J connectivity index is 1.61. The lowest BCUT2D eigenvalue weighted by molar-refractivity contribution is 0.597. The van der Waals surface area contributed by atoms with Crippen molar-refractivity contribution in [1.82, 2.24) is 15.0 Å². The fourth-order valence-corrected chi connectivity index (χ4v) is 3.66. The van der Waals surface area contributed by atoms with Crippen LogP contribution in [0.1, 0.15) is 12.5 Å². The van der Waals surface area contributed by atoms with Crippen LogP contribution in [0, 0.1) is 5.82 Å². The zero-order chi connectivity index (χ0) is 22.7. The van der Waals surface area contributed by atoms with Gasteiger partial charge in [-0.05, 0) is 61.0 Å². The fraction of sp³-hybridized carbons (Fsp3) is 0.136. The number of nitrogens with two attached hydrogens (primary N) is 1. The average molecular weight is 453 g/mol. The van der Waals surface area contributed by atoms with Crippen LogP contribution < -0.4 is 15.8 Å². The summed E-state index contributed by atoms with van der Waals surface area (Å²) in [5.74, 6) is 0.676. The monoisotopic (exact) mass is 452 g/mol.